The van der Waals surface area contributed by atoms with Crippen LogP contribution in [0.5, 0.6) is 5.75 Å². The number of benzene rings is 1. The van der Waals surface area contributed by atoms with Crippen molar-refractivity contribution in [1.82, 2.24) is 19.5 Å². The molecule has 11 heteroatoms. The van der Waals surface area contributed by atoms with Crippen LogP contribution < -0.4 is 10.1 Å². The van der Waals surface area contributed by atoms with Gasteiger partial charge in [-0.15, -0.1) is 0 Å². The quantitative estimate of drug-likeness (QED) is 0.542. The number of carbonyl (C=O) groups excluding carboxylic acids is 2. The van der Waals surface area contributed by atoms with Gasteiger partial charge in [0, 0.05) is 24.5 Å². The maximum Gasteiger partial charge on any atom is 0.261 e. The fourth-order valence-corrected chi connectivity index (χ4v) is 3.80. The molecule has 1 aromatic carbocycles. The lowest BCUT2D eigenvalue weighted by Gasteiger charge is -2.28. The number of carbonyl (C=O) groups is 2. The first-order valence-electron chi connectivity index (χ1n) is 10.9. The van der Waals surface area contributed by atoms with Gasteiger partial charge in [0.15, 0.2) is 5.65 Å². The Bertz CT molecular complexity index is 1270. The number of fused-ring (bicyclic) bond motifs is 2. The van der Waals surface area contributed by atoms with E-state index in [-0.39, 0.29) is 30.7 Å². The molecule has 5 rings (SSSR count). The van der Waals surface area contributed by atoms with Gasteiger partial charge < -0.3 is 24.8 Å². The first-order chi connectivity index (χ1) is 16.2. The summed E-state index contributed by atoms with van der Waals surface area (Å²) >= 11 is 0. The minimum absolute atomic E-state index is 0.151. The Morgan fingerprint density at radius 2 is 2.21 bits per heavy atom. The van der Waals surface area contributed by atoms with Gasteiger partial charge in [-0.2, -0.15) is 5.10 Å². The fraction of sp³-hybridized carbons (Fsp3) is 0.391. The SMILES string of the molecule is CC(C)(O)C(F)CN1Cc2cc(NC(=O)c3cnn4cccnc34)c(OC3COC3)cc2C1=O. The molecule has 2 aliphatic rings. The molecule has 0 radical (unpaired) electrons. The third-order valence-electron chi connectivity index (χ3n) is 5.90. The number of aromatic nitrogens is 3. The molecule has 178 valence electrons. The van der Waals surface area contributed by atoms with Crippen LogP contribution in [0.25, 0.3) is 5.65 Å². The van der Waals surface area contributed by atoms with Crippen LogP contribution in [-0.4, -0.2) is 74.1 Å². The first-order valence-corrected chi connectivity index (χ1v) is 10.9. The van der Waals surface area contributed by atoms with Crippen molar-refractivity contribution < 1.29 is 28.6 Å². The van der Waals surface area contributed by atoms with E-state index in [2.05, 4.69) is 15.4 Å². The number of hydrogen-bond donors (Lipinski definition) is 2. The summed E-state index contributed by atoms with van der Waals surface area (Å²) < 4.78 is 27.1. The lowest BCUT2D eigenvalue weighted by molar-refractivity contribution is -0.0794. The Hall–Kier alpha value is -3.57. The van der Waals surface area contributed by atoms with E-state index in [4.69, 9.17) is 9.47 Å². The van der Waals surface area contributed by atoms with E-state index in [0.29, 0.717) is 41.4 Å². The number of ether oxygens (including phenoxy) is 2. The average Bonchev–Trinajstić information content (AvgIpc) is 3.31. The number of nitrogens with zero attached hydrogens (tertiary/aromatic N) is 4. The van der Waals surface area contributed by atoms with Crippen LogP contribution in [0.15, 0.2) is 36.8 Å². The highest BCUT2D eigenvalue weighted by Crippen LogP contribution is 2.36. The highest BCUT2D eigenvalue weighted by atomic mass is 19.1. The molecular formula is C23H24FN5O5. The van der Waals surface area contributed by atoms with Crippen molar-refractivity contribution in [3.05, 3.63) is 53.5 Å². The normalized spacial score (nSPS) is 16.9. The van der Waals surface area contributed by atoms with Gasteiger partial charge >= 0.3 is 0 Å². The van der Waals surface area contributed by atoms with E-state index >= 15 is 0 Å². The Morgan fingerprint density at radius 3 is 2.91 bits per heavy atom. The molecule has 10 nitrogen and oxygen atoms in total. The smallest absolute Gasteiger partial charge is 0.261 e. The van der Waals surface area contributed by atoms with Crippen molar-refractivity contribution >= 4 is 23.1 Å². The third-order valence-corrected chi connectivity index (χ3v) is 5.90. The molecule has 0 saturated carbocycles. The Kier molecular flexibility index (Phi) is 5.45. The van der Waals surface area contributed by atoms with E-state index in [9.17, 15) is 19.1 Å². The predicted octanol–water partition coefficient (Wildman–Crippen LogP) is 1.82. The van der Waals surface area contributed by atoms with Crippen LogP contribution in [0, 0.1) is 0 Å². The Morgan fingerprint density at radius 1 is 1.41 bits per heavy atom. The number of alkyl halides is 1. The van der Waals surface area contributed by atoms with Crippen LogP contribution in [0.4, 0.5) is 10.1 Å². The Balaban J connectivity index is 1.44. The molecule has 0 bridgehead atoms. The minimum atomic E-state index is -1.61. The van der Waals surface area contributed by atoms with Gasteiger partial charge in [-0.3, -0.25) is 9.59 Å². The lowest BCUT2D eigenvalue weighted by Crippen LogP contribution is -2.42. The summed E-state index contributed by atoms with van der Waals surface area (Å²) in [6.07, 6.45) is 2.86. The second-order valence-electron chi connectivity index (χ2n) is 8.99. The van der Waals surface area contributed by atoms with Crippen LogP contribution in [-0.2, 0) is 11.3 Å². The zero-order chi connectivity index (χ0) is 24.0. The second-order valence-corrected chi connectivity index (χ2v) is 8.99. The van der Waals surface area contributed by atoms with Gasteiger partial charge in [0.1, 0.15) is 23.6 Å². The summed E-state index contributed by atoms with van der Waals surface area (Å²) in [6, 6.07) is 4.94. The molecule has 2 aliphatic heterocycles. The topological polar surface area (TPSA) is 118 Å². The van der Waals surface area contributed by atoms with Crippen LogP contribution in [0.2, 0.25) is 0 Å². The van der Waals surface area contributed by atoms with Crippen molar-refractivity contribution in [1.29, 1.82) is 0 Å². The summed E-state index contributed by atoms with van der Waals surface area (Å²) in [6.45, 7) is 3.43. The zero-order valence-electron chi connectivity index (χ0n) is 18.7. The highest BCUT2D eigenvalue weighted by molar-refractivity contribution is 6.09. The van der Waals surface area contributed by atoms with Crippen molar-refractivity contribution in [2.24, 2.45) is 0 Å². The lowest BCUT2D eigenvalue weighted by atomic mass is 10.0. The van der Waals surface area contributed by atoms with Gasteiger partial charge in [-0.25, -0.2) is 13.9 Å². The molecule has 2 N–H and O–H groups in total. The summed E-state index contributed by atoms with van der Waals surface area (Å²) in [7, 11) is 0. The summed E-state index contributed by atoms with van der Waals surface area (Å²) in [5, 5.41) is 16.9. The number of nitrogens with one attached hydrogen (secondary N) is 1. The van der Waals surface area contributed by atoms with Gasteiger partial charge in [0.2, 0.25) is 0 Å². The molecule has 2 aromatic heterocycles. The molecule has 34 heavy (non-hydrogen) atoms. The molecule has 1 atom stereocenters. The maximum absolute atomic E-state index is 14.4. The fourth-order valence-electron chi connectivity index (χ4n) is 3.80. The predicted molar refractivity (Wildman–Crippen MR) is 119 cm³/mol. The van der Waals surface area contributed by atoms with E-state index in [1.54, 1.807) is 30.6 Å². The summed E-state index contributed by atoms with van der Waals surface area (Å²) in [5.41, 5.74) is 0.474. The van der Waals surface area contributed by atoms with Crippen molar-refractivity contribution in [2.75, 3.05) is 25.1 Å². The third kappa shape index (κ3) is 4.08. The van der Waals surface area contributed by atoms with Gasteiger partial charge in [-0.1, -0.05) is 0 Å². The largest absolute Gasteiger partial charge is 0.483 e. The number of hydrogen-bond acceptors (Lipinski definition) is 7. The van der Waals surface area contributed by atoms with Crippen LogP contribution in [0.3, 0.4) is 0 Å². The monoisotopic (exact) mass is 469 g/mol. The second kappa shape index (κ2) is 8.33. The number of aliphatic hydroxyl groups is 1. The van der Waals surface area contributed by atoms with Crippen LogP contribution in [0.1, 0.15) is 40.1 Å². The molecule has 3 aromatic rings. The van der Waals surface area contributed by atoms with Gasteiger partial charge in [-0.05, 0) is 37.6 Å². The van der Waals surface area contributed by atoms with Gasteiger partial charge in [0.25, 0.3) is 11.8 Å². The molecule has 1 unspecified atom stereocenters. The van der Waals surface area contributed by atoms with Gasteiger partial charge in [0.05, 0.1) is 37.2 Å². The summed E-state index contributed by atoms with van der Waals surface area (Å²) in [4.78, 5) is 31.5. The van der Waals surface area contributed by atoms with Crippen molar-refractivity contribution in [3.8, 4) is 5.75 Å². The first kappa shape index (κ1) is 22.2. The van der Waals surface area contributed by atoms with E-state index in [1.807, 2.05) is 0 Å². The molecule has 1 saturated heterocycles. The van der Waals surface area contributed by atoms with E-state index in [1.165, 1.54) is 29.5 Å². The summed E-state index contributed by atoms with van der Waals surface area (Å²) in [5.74, 6) is -0.476. The molecule has 1 fully saturated rings. The number of rotatable bonds is 7. The number of halogens is 1. The van der Waals surface area contributed by atoms with E-state index in [0.717, 1.165) is 0 Å². The molecule has 4 heterocycles. The number of anilines is 1. The van der Waals surface area contributed by atoms with Crippen molar-refractivity contribution in [2.45, 2.75) is 38.3 Å². The molecule has 0 aliphatic carbocycles. The van der Waals surface area contributed by atoms with E-state index < -0.39 is 17.7 Å². The average molecular weight is 469 g/mol. The Labute approximate surface area is 194 Å². The highest BCUT2D eigenvalue weighted by Gasteiger charge is 2.36. The number of amides is 2. The minimum Gasteiger partial charge on any atom is -0.483 e. The maximum atomic E-state index is 14.4. The molecule has 2 amide bonds. The molecular weight excluding hydrogens is 445 g/mol. The van der Waals surface area contributed by atoms with Crippen LogP contribution >= 0.6 is 0 Å². The zero-order valence-corrected chi connectivity index (χ0v) is 18.7. The van der Waals surface area contributed by atoms with Crippen molar-refractivity contribution in [3.63, 3.8) is 0 Å². The molecule has 0 spiro atoms. The standard InChI is InChI=1S/C23H24FN5O5/c1-23(2,32)19(24)10-28-9-13-6-17(18(7-15(13)22(28)31)34-14-11-33-12-14)27-21(30)16-8-26-29-5-3-4-25-20(16)29/h3-8,14,19,32H,9-12H2,1-2H3,(H,27,30).